The molecule has 2 nitrogen and oxygen atoms in total. The summed E-state index contributed by atoms with van der Waals surface area (Å²) in [7, 11) is 0. The van der Waals surface area contributed by atoms with Crippen LogP contribution in [0.15, 0.2) is 34.2 Å². The normalized spacial score (nSPS) is 14.8. The third-order valence-electron chi connectivity index (χ3n) is 3.79. The summed E-state index contributed by atoms with van der Waals surface area (Å²) < 4.78 is 4.75. The number of thiophene rings is 1. The number of imidazole rings is 1. The van der Waals surface area contributed by atoms with Crippen molar-refractivity contribution in [3.8, 4) is 11.4 Å². The van der Waals surface area contributed by atoms with Gasteiger partial charge in [0.15, 0.2) is 0 Å². The minimum Gasteiger partial charge on any atom is -0.327 e. The third-order valence-corrected chi connectivity index (χ3v) is 5.39. The molecule has 0 spiro atoms. The molecule has 1 aliphatic rings. The summed E-state index contributed by atoms with van der Waals surface area (Å²) in [5.74, 6) is 1.12. The summed E-state index contributed by atoms with van der Waals surface area (Å²) in [4.78, 5) is 4.77. The molecule has 96 valence electrons. The molecule has 0 N–H and O–H groups in total. The Morgan fingerprint density at radius 1 is 1.21 bits per heavy atom. The van der Waals surface area contributed by atoms with Gasteiger partial charge in [0.05, 0.1) is 5.69 Å². The molecule has 0 bridgehead atoms. The van der Waals surface area contributed by atoms with Crippen molar-refractivity contribution in [1.82, 2.24) is 9.55 Å². The molecule has 0 saturated carbocycles. The van der Waals surface area contributed by atoms with Crippen LogP contribution in [-0.2, 0) is 13.0 Å². The quantitative estimate of drug-likeness (QED) is 0.622. The van der Waals surface area contributed by atoms with E-state index in [-0.39, 0.29) is 0 Å². The van der Waals surface area contributed by atoms with E-state index in [0.717, 1.165) is 23.4 Å². The molecule has 0 radical (unpaired) electrons. The molecular formula is C15H13BrN2S. The van der Waals surface area contributed by atoms with Gasteiger partial charge in [0.2, 0.25) is 0 Å². The molecule has 0 unspecified atom stereocenters. The molecule has 2 aromatic heterocycles. The van der Waals surface area contributed by atoms with Crippen LogP contribution in [0.3, 0.4) is 0 Å². The minimum atomic E-state index is 1.03. The summed E-state index contributed by atoms with van der Waals surface area (Å²) in [6.07, 6.45) is 3.66. The highest BCUT2D eigenvalue weighted by atomic mass is 79.9. The Morgan fingerprint density at radius 2 is 2.11 bits per heavy atom. The zero-order valence-electron chi connectivity index (χ0n) is 10.4. The summed E-state index contributed by atoms with van der Waals surface area (Å²) in [6.45, 7) is 1.09. The van der Waals surface area contributed by atoms with E-state index < -0.39 is 0 Å². The van der Waals surface area contributed by atoms with Crippen molar-refractivity contribution < 1.29 is 0 Å². The predicted molar refractivity (Wildman–Crippen MR) is 83.7 cm³/mol. The fourth-order valence-electron chi connectivity index (χ4n) is 2.85. The second-order valence-electron chi connectivity index (χ2n) is 4.93. The predicted octanol–water partition coefficient (Wildman–Crippen LogP) is 4.86. The summed E-state index contributed by atoms with van der Waals surface area (Å²) >= 11 is 5.42. The van der Waals surface area contributed by atoms with Crippen LogP contribution in [-0.4, -0.2) is 9.55 Å². The molecule has 4 heteroatoms. The van der Waals surface area contributed by atoms with Crippen LogP contribution < -0.4 is 0 Å². The lowest BCUT2D eigenvalue weighted by molar-refractivity contribution is 0.535. The maximum absolute atomic E-state index is 4.77. The van der Waals surface area contributed by atoms with Crippen LogP contribution in [0.5, 0.6) is 0 Å². The topological polar surface area (TPSA) is 17.8 Å². The van der Waals surface area contributed by atoms with E-state index in [2.05, 4.69) is 50.1 Å². The smallest absolute Gasteiger partial charge is 0.143 e. The Hall–Kier alpha value is -1.13. The van der Waals surface area contributed by atoms with Gasteiger partial charge in [-0.15, -0.1) is 11.3 Å². The summed E-state index contributed by atoms with van der Waals surface area (Å²) in [5.41, 5.74) is 2.63. The van der Waals surface area contributed by atoms with E-state index in [0.29, 0.717) is 0 Å². The second-order valence-corrected chi connectivity index (χ2v) is 6.59. The fourth-order valence-corrected chi connectivity index (χ4v) is 4.37. The number of aromatic nitrogens is 2. The molecule has 0 fully saturated rings. The van der Waals surface area contributed by atoms with E-state index in [4.69, 9.17) is 4.98 Å². The summed E-state index contributed by atoms with van der Waals surface area (Å²) in [6, 6.07) is 8.57. The average molecular weight is 333 g/mol. The van der Waals surface area contributed by atoms with E-state index >= 15 is 0 Å². The Morgan fingerprint density at radius 3 is 3.05 bits per heavy atom. The monoisotopic (exact) mass is 332 g/mol. The van der Waals surface area contributed by atoms with Crippen LogP contribution in [0.1, 0.15) is 18.5 Å². The van der Waals surface area contributed by atoms with Crippen molar-refractivity contribution >= 4 is 37.4 Å². The molecular weight excluding hydrogens is 320 g/mol. The number of benzene rings is 1. The van der Waals surface area contributed by atoms with Gasteiger partial charge in [-0.25, -0.2) is 4.98 Å². The first-order valence-electron chi connectivity index (χ1n) is 6.56. The van der Waals surface area contributed by atoms with Gasteiger partial charge in [0.25, 0.3) is 0 Å². The minimum absolute atomic E-state index is 1.03. The first kappa shape index (κ1) is 11.7. The maximum atomic E-state index is 4.77. The second kappa shape index (κ2) is 4.46. The standard InChI is InChI=1S/C15H13BrN2S/c16-14-12-6-3-4-8-18(12)15(17-14)11-9-19-13-7-2-1-5-10(11)13/h1-2,5,7,9H,3-4,6,8H2. The molecule has 0 atom stereocenters. The molecule has 1 aromatic carbocycles. The number of nitrogens with zero attached hydrogens (tertiary/aromatic N) is 2. The van der Waals surface area contributed by atoms with Gasteiger partial charge in [-0.05, 0) is 41.3 Å². The lowest BCUT2D eigenvalue weighted by Crippen LogP contribution is -2.10. The molecule has 0 amide bonds. The SMILES string of the molecule is Brc1nc(-c2csc3ccccc23)n2c1CCCC2. The highest BCUT2D eigenvalue weighted by molar-refractivity contribution is 9.10. The Kier molecular flexibility index (Phi) is 2.74. The molecule has 4 rings (SSSR count). The van der Waals surface area contributed by atoms with E-state index in [1.807, 2.05) is 0 Å². The molecule has 1 aliphatic heterocycles. The van der Waals surface area contributed by atoms with Crippen molar-refractivity contribution in [2.75, 3.05) is 0 Å². The van der Waals surface area contributed by atoms with E-state index in [1.54, 1.807) is 11.3 Å². The number of hydrogen-bond acceptors (Lipinski definition) is 2. The van der Waals surface area contributed by atoms with Gasteiger partial charge in [0, 0.05) is 27.6 Å². The largest absolute Gasteiger partial charge is 0.327 e. The van der Waals surface area contributed by atoms with Crippen LogP contribution in [0.2, 0.25) is 0 Å². The summed E-state index contributed by atoms with van der Waals surface area (Å²) in [5, 5.41) is 3.56. The van der Waals surface area contributed by atoms with Gasteiger partial charge in [0.1, 0.15) is 10.4 Å². The van der Waals surface area contributed by atoms with Crippen molar-refractivity contribution in [3.05, 3.63) is 39.9 Å². The lowest BCUT2D eigenvalue weighted by atomic mass is 10.1. The van der Waals surface area contributed by atoms with Gasteiger partial charge >= 0.3 is 0 Å². The highest BCUT2D eigenvalue weighted by Crippen LogP contribution is 2.36. The third kappa shape index (κ3) is 1.77. The van der Waals surface area contributed by atoms with Crippen molar-refractivity contribution in [3.63, 3.8) is 0 Å². The van der Waals surface area contributed by atoms with Crippen LogP contribution >= 0.6 is 27.3 Å². The van der Waals surface area contributed by atoms with Crippen molar-refractivity contribution in [2.24, 2.45) is 0 Å². The zero-order chi connectivity index (χ0) is 12.8. The highest BCUT2D eigenvalue weighted by Gasteiger charge is 2.21. The number of hydrogen-bond donors (Lipinski definition) is 0. The average Bonchev–Trinajstić information content (AvgIpc) is 3.01. The fraction of sp³-hybridized carbons (Fsp3) is 0.267. The van der Waals surface area contributed by atoms with Crippen LogP contribution in [0.25, 0.3) is 21.5 Å². The van der Waals surface area contributed by atoms with Gasteiger partial charge in [-0.3, -0.25) is 0 Å². The molecule has 3 heterocycles. The first-order valence-corrected chi connectivity index (χ1v) is 8.23. The number of rotatable bonds is 1. The van der Waals surface area contributed by atoms with Crippen LogP contribution in [0, 0.1) is 0 Å². The van der Waals surface area contributed by atoms with E-state index in [1.165, 1.54) is 34.2 Å². The van der Waals surface area contributed by atoms with Gasteiger partial charge in [-0.2, -0.15) is 0 Å². The molecule has 0 saturated heterocycles. The number of halogens is 1. The van der Waals surface area contributed by atoms with Crippen molar-refractivity contribution in [1.29, 1.82) is 0 Å². The first-order chi connectivity index (χ1) is 9.34. The molecule has 0 aliphatic carbocycles. The Balaban J connectivity index is 1.97. The zero-order valence-corrected chi connectivity index (χ0v) is 12.8. The number of fused-ring (bicyclic) bond motifs is 2. The van der Waals surface area contributed by atoms with Crippen LogP contribution in [0.4, 0.5) is 0 Å². The Labute approximate surface area is 124 Å². The van der Waals surface area contributed by atoms with Gasteiger partial charge in [-0.1, -0.05) is 18.2 Å². The lowest BCUT2D eigenvalue weighted by Gasteiger charge is -2.16. The molecule has 3 aromatic rings. The van der Waals surface area contributed by atoms with Crippen molar-refractivity contribution in [2.45, 2.75) is 25.8 Å². The van der Waals surface area contributed by atoms with E-state index in [9.17, 15) is 0 Å². The van der Waals surface area contributed by atoms with Gasteiger partial charge < -0.3 is 4.57 Å². The molecule has 19 heavy (non-hydrogen) atoms. The maximum Gasteiger partial charge on any atom is 0.143 e. The Bertz CT molecular complexity index is 757.